The highest BCUT2D eigenvalue weighted by Crippen LogP contribution is 2.30. The first-order valence-electron chi connectivity index (χ1n) is 7.29. The molecule has 0 spiro atoms. The lowest BCUT2D eigenvalue weighted by atomic mass is 10.3. The maximum atomic E-state index is 5.74. The minimum Gasteiger partial charge on any atom is -0.490 e. The van der Waals surface area contributed by atoms with Crippen LogP contribution < -0.4 is 14.8 Å². The van der Waals surface area contributed by atoms with Gasteiger partial charge in [0, 0.05) is 12.6 Å². The second-order valence-corrected chi connectivity index (χ2v) is 4.98. The summed E-state index contributed by atoms with van der Waals surface area (Å²) < 4.78 is 11.3. The fourth-order valence-electron chi connectivity index (χ4n) is 1.95. The SMILES string of the molecule is CCOc1ccccc1Oc1cnc(CNC2CC2)cn1. The molecule has 0 radical (unpaired) electrons. The maximum absolute atomic E-state index is 5.74. The van der Waals surface area contributed by atoms with Gasteiger partial charge in [-0.2, -0.15) is 0 Å². The van der Waals surface area contributed by atoms with Crippen molar-refractivity contribution in [3.8, 4) is 17.4 Å². The Labute approximate surface area is 124 Å². The summed E-state index contributed by atoms with van der Waals surface area (Å²) in [6.45, 7) is 3.30. The highest BCUT2D eigenvalue weighted by atomic mass is 16.5. The van der Waals surface area contributed by atoms with Crippen molar-refractivity contribution in [2.75, 3.05) is 6.61 Å². The Morgan fingerprint density at radius 1 is 1.14 bits per heavy atom. The lowest BCUT2D eigenvalue weighted by Crippen LogP contribution is -2.16. The largest absolute Gasteiger partial charge is 0.490 e. The van der Waals surface area contributed by atoms with Gasteiger partial charge in [-0.15, -0.1) is 0 Å². The first-order chi connectivity index (χ1) is 10.3. The average molecular weight is 285 g/mol. The summed E-state index contributed by atoms with van der Waals surface area (Å²) in [5.74, 6) is 1.83. The van der Waals surface area contributed by atoms with Gasteiger partial charge >= 0.3 is 0 Å². The van der Waals surface area contributed by atoms with Crippen molar-refractivity contribution in [1.82, 2.24) is 15.3 Å². The predicted molar refractivity (Wildman–Crippen MR) is 79.6 cm³/mol. The van der Waals surface area contributed by atoms with Gasteiger partial charge in [0.25, 0.3) is 0 Å². The van der Waals surface area contributed by atoms with Crippen molar-refractivity contribution in [1.29, 1.82) is 0 Å². The number of hydrogen-bond donors (Lipinski definition) is 1. The summed E-state index contributed by atoms with van der Waals surface area (Å²) in [6, 6.07) is 8.21. The topological polar surface area (TPSA) is 56.3 Å². The number of nitrogens with one attached hydrogen (secondary N) is 1. The molecule has 1 aromatic carbocycles. The van der Waals surface area contributed by atoms with Crippen LogP contribution in [0.4, 0.5) is 0 Å². The van der Waals surface area contributed by atoms with E-state index < -0.39 is 0 Å². The third kappa shape index (κ3) is 3.92. The molecule has 21 heavy (non-hydrogen) atoms. The Hall–Kier alpha value is -2.14. The minimum atomic E-state index is 0.470. The van der Waals surface area contributed by atoms with E-state index in [0.29, 0.717) is 30.0 Å². The molecule has 1 aromatic heterocycles. The minimum absolute atomic E-state index is 0.470. The third-order valence-corrected chi connectivity index (χ3v) is 3.19. The Kier molecular flexibility index (Phi) is 4.31. The molecule has 0 aliphatic heterocycles. The number of aromatic nitrogens is 2. The van der Waals surface area contributed by atoms with E-state index in [4.69, 9.17) is 9.47 Å². The van der Waals surface area contributed by atoms with Crippen LogP contribution in [0.1, 0.15) is 25.5 Å². The molecular formula is C16H19N3O2. The van der Waals surface area contributed by atoms with E-state index in [2.05, 4.69) is 15.3 Å². The van der Waals surface area contributed by atoms with Gasteiger partial charge < -0.3 is 14.8 Å². The molecule has 0 atom stereocenters. The van der Waals surface area contributed by atoms with Crippen LogP contribution in [0, 0.1) is 0 Å². The zero-order valence-corrected chi connectivity index (χ0v) is 12.1. The van der Waals surface area contributed by atoms with Gasteiger partial charge in [0.15, 0.2) is 11.5 Å². The van der Waals surface area contributed by atoms with Gasteiger partial charge in [-0.05, 0) is 31.9 Å². The molecule has 110 valence electrons. The van der Waals surface area contributed by atoms with E-state index in [9.17, 15) is 0 Å². The molecule has 5 nitrogen and oxygen atoms in total. The van der Waals surface area contributed by atoms with E-state index in [1.54, 1.807) is 12.4 Å². The summed E-state index contributed by atoms with van der Waals surface area (Å²) in [5.41, 5.74) is 0.923. The average Bonchev–Trinajstić information content (AvgIpc) is 3.33. The van der Waals surface area contributed by atoms with Crippen LogP contribution in [0.15, 0.2) is 36.7 Å². The summed E-state index contributed by atoms with van der Waals surface area (Å²) in [5, 5.41) is 3.40. The summed E-state index contributed by atoms with van der Waals surface area (Å²) in [4.78, 5) is 8.65. The van der Waals surface area contributed by atoms with Crippen molar-refractivity contribution >= 4 is 0 Å². The van der Waals surface area contributed by atoms with Gasteiger partial charge in [-0.3, -0.25) is 4.98 Å². The second kappa shape index (κ2) is 6.54. The molecule has 0 unspecified atom stereocenters. The van der Waals surface area contributed by atoms with Gasteiger partial charge in [0.2, 0.25) is 5.88 Å². The molecule has 1 saturated carbocycles. The van der Waals surface area contributed by atoms with Gasteiger partial charge in [0.05, 0.1) is 24.7 Å². The van der Waals surface area contributed by atoms with Gasteiger partial charge in [-0.1, -0.05) is 12.1 Å². The van der Waals surface area contributed by atoms with Gasteiger partial charge in [0.1, 0.15) is 0 Å². The fraction of sp³-hybridized carbons (Fsp3) is 0.375. The van der Waals surface area contributed by atoms with E-state index in [0.717, 1.165) is 12.2 Å². The molecule has 1 aliphatic carbocycles. The van der Waals surface area contributed by atoms with Crippen molar-refractivity contribution in [3.05, 3.63) is 42.4 Å². The zero-order chi connectivity index (χ0) is 14.5. The van der Waals surface area contributed by atoms with Crippen molar-refractivity contribution in [2.45, 2.75) is 32.4 Å². The van der Waals surface area contributed by atoms with Crippen LogP contribution in [0.25, 0.3) is 0 Å². The Bertz CT molecular complexity index is 582. The van der Waals surface area contributed by atoms with Crippen LogP contribution >= 0.6 is 0 Å². The van der Waals surface area contributed by atoms with Crippen LogP contribution in [0.5, 0.6) is 17.4 Å². The number of para-hydroxylation sites is 2. The third-order valence-electron chi connectivity index (χ3n) is 3.19. The summed E-state index contributed by atoms with van der Waals surface area (Å²) >= 11 is 0. The lowest BCUT2D eigenvalue weighted by molar-refractivity contribution is 0.319. The van der Waals surface area contributed by atoms with E-state index >= 15 is 0 Å². The molecule has 1 fully saturated rings. The Morgan fingerprint density at radius 2 is 1.95 bits per heavy atom. The van der Waals surface area contributed by atoms with Crippen LogP contribution in [0.3, 0.4) is 0 Å². The molecule has 1 aliphatic rings. The quantitative estimate of drug-likeness (QED) is 0.847. The van der Waals surface area contributed by atoms with Crippen LogP contribution in [-0.4, -0.2) is 22.6 Å². The molecule has 1 N–H and O–H groups in total. The number of hydrogen-bond acceptors (Lipinski definition) is 5. The monoisotopic (exact) mass is 285 g/mol. The number of rotatable bonds is 7. The number of ether oxygens (including phenoxy) is 2. The first-order valence-corrected chi connectivity index (χ1v) is 7.29. The van der Waals surface area contributed by atoms with E-state index in [1.165, 1.54) is 12.8 Å². The smallest absolute Gasteiger partial charge is 0.238 e. The highest BCUT2D eigenvalue weighted by molar-refractivity contribution is 5.41. The van der Waals surface area contributed by atoms with Crippen LogP contribution in [-0.2, 0) is 6.54 Å². The number of benzene rings is 1. The molecule has 1 heterocycles. The molecule has 5 heteroatoms. The molecular weight excluding hydrogens is 266 g/mol. The summed E-state index contributed by atoms with van der Waals surface area (Å²) in [6.07, 6.45) is 5.92. The number of nitrogens with zero attached hydrogens (tertiary/aromatic N) is 2. The second-order valence-electron chi connectivity index (χ2n) is 4.98. The standard InChI is InChI=1S/C16H19N3O2/c1-2-20-14-5-3-4-6-15(14)21-16-11-18-13(10-19-16)9-17-12-7-8-12/h3-6,10-12,17H,2,7-9H2,1H3. The maximum Gasteiger partial charge on any atom is 0.238 e. The normalized spacial score (nSPS) is 14.0. The van der Waals surface area contributed by atoms with Crippen molar-refractivity contribution < 1.29 is 9.47 Å². The fourth-order valence-corrected chi connectivity index (χ4v) is 1.95. The molecule has 0 bridgehead atoms. The highest BCUT2D eigenvalue weighted by Gasteiger charge is 2.20. The molecule has 0 saturated heterocycles. The lowest BCUT2D eigenvalue weighted by Gasteiger charge is -2.10. The van der Waals surface area contributed by atoms with Crippen molar-refractivity contribution in [2.24, 2.45) is 0 Å². The van der Waals surface area contributed by atoms with E-state index in [1.807, 2.05) is 31.2 Å². The molecule has 3 rings (SSSR count). The molecule has 2 aromatic rings. The first kappa shape index (κ1) is 13.8. The van der Waals surface area contributed by atoms with Gasteiger partial charge in [-0.25, -0.2) is 4.98 Å². The van der Waals surface area contributed by atoms with E-state index in [-0.39, 0.29) is 0 Å². The van der Waals surface area contributed by atoms with Crippen molar-refractivity contribution in [3.63, 3.8) is 0 Å². The predicted octanol–water partition coefficient (Wildman–Crippen LogP) is 2.92. The molecule has 0 amide bonds. The Morgan fingerprint density at radius 3 is 2.62 bits per heavy atom. The summed E-state index contributed by atoms with van der Waals surface area (Å²) in [7, 11) is 0. The zero-order valence-electron chi connectivity index (χ0n) is 12.1. The van der Waals surface area contributed by atoms with Crippen LogP contribution in [0.2, 0.25) is 0 Å². The Balaban J connectivity index is 1.64.